The highest BCUT2D eigenvalue weighted by Crippen LogP contribution is 2.24. The Morgan fingerprint density at radius 2 is 2.00 bits per heavy atom. The molecule has 0 saturated carbocycles. The number of halogens is 1. The van der Waals surface area contributed by atoms with Gasteiger partial charge in [-0.2, -0.15) is 0 Å². The van der Waals surface area contributed by atoms with Gasteiger partial charge in [0, 0.05) is 35.2 Å². The molecule has 2 rings (SSSR count). The summed E-state index contributed by atoms with van der Waals surface area (Å²) in [5, 5.41) is 7.92. The molecular formula is C11H13ClN4O2S. The summed E-state index contributed by atoms with van der Waals surface area (Å²) in [4.78, 5) is 3.94. The van der Waals surface area contributed by atoms with Crippen LogP contribution >= 0.6 is 10.7 Å². The first kappa shape index (κ1) is 14.0. The topological polar surface area (TPSA) is 77.7 Å². The van der Waals surface area contributed by atoms with Gasteiger partial charge in [-0.15, -0.1) is 5.10 Å². The summed E-state index contributed by atoms with van der Waals surface area (Å²) in [5.41, 5.74) is 1.85. The molecule has 0 N–H and O–H groups in total. The number of hydrogen-bond donors (Lipinski definition) is 0. The maximum absolute atomic E-state index is 11.2. The van der Waals surface area contributed by atoms with Crippen LogP contribution in [0.3, 0.4) is 0 Å². The number of pyridine rings is 1. The van der Waals surface area contributed by atoms with Gasteiger partial charge in [-0.25, -0.2) is 13.1 Å². The van der Waals surface area contributed by atoms with Crippen molar-refractivity contribution in [2.45, 2.75) is 25.6 Å². The zero-order valence-electron chi connectivity index (χ0n) is 10.3. The Morgan fingerprint density at radius 3 is 2.58 bits per heavy atom. The van der Waals surface area contributed by atoms with E-state index in [2.05, 4.69) is 15.3 Å². The Kier molecular flexibility index (Phi) is 4.16. The van der Waals surface area contributed by atoms with Crippen LogP contribution in [-0.4, -0.2) is 28.4 Å². The van der Waals surface area contributed by atoms with Gasteiger partial charge in [-0.1, -0.05) is 12.1 Å². The summed E-state index contributed by atoms with van der Waals surface area (Å²) in [7, 11) is 1.63. The average Bonchev–Trinajstić information content (AvgIpc) is 2.71. The standard InChI is InChI=1S/C11H13ClN4O2S/c1-2-7-16-11(9-3-5-13-6-4-9)10(14-15-16)8-19(12,17)18/h3-6H,2,7-8H2,1H3. The maximum Gasteiger partial charge on any atom is 0.238 e. The molecule has 0 spiro atoms. The molecule has 0 radical (unpaired) electrons. The molecule has 6 nitrogen and oxygen atoms in total. The van der Waals surface area contributed by atoms with Gasteiger partial charge in [0.05, 0.1) is 5.69 Å². The van der Waals surface area contributed by atoms with Crippen LogP contribution in [-0.2, 0) is 21.3 Å². The van der Waals surface area contributed by atoms with Crippen LogP contribution in [0.25, 0.3) is 11.3 Å². The number of hydrogen-bond acceptors (Lipinski definition) is 5. The first-order chi connectivity index (χ1) is 9.01. The van der Waals surface area contributed by atoms with Gasteiger partial charge in [-0.05, 0) is 18.6 Å². The lowest BCUT2D eigenvalue weighted by Crippen LogP contribution is -2.03. The molecule has 102 valence electrons. The molecule has 0 amide bonds. The highest BCUT2D eigenvalue weighted by atomic mass is 35.7. The third-order valence-electron chi connectivity index (χ3n) is 2.50. The van der Waals surface area contributed by atoms with Gasteiger partial charge in [0.25, 0.3) is 0 Å². The quantitative estimate of drug-likeness (QED) is 0.787. The third kappa shape index (κ3) is 3.51. The van der Waals surface area contributed by atoms with E-state index in [4.69, 9.17) is 10.7 Å². The van der Waals surface area contributed by atoms with E-state index < -0.39 is 9.05 Å². The normalized spacial score (nSPS) is 11.7. The van der Waals surface area contributed by atoms with Gasteiger partial charge in [0.1, 0.15) is 11.4 Å². The fourth-order valence-corrected chi connectivity index (χ4v) is 2.63. The van der Waals surface area contributed by atoms with E-state index in [1.807, 2.05) is 6.92 Å². The molecule has 0 fully saturated rings. The van der Waals surface area contributed by atoms with Crippen LogP contribution < -0.4 is 0 Å². The van der Waals surface area contributed by atoms with Crippen molar-refractivity contribution in [1.82, 2.24) is 20.0 Å². The van der Waals surface area contributed by atoms with Crippen molar-refractivity contribution in [2.75, 3.05) is 0 Å². The van der Waals surface area contributed by atoms with Crippen LogP contribution in [0.1, 0.15) is 19.0 Å². The molecule has 2 aromatic rings. The van der Waals surface area contributed by atoms with E-state index in [0.717, 1.165) is 12.0 Å². The largest absolute Gasteiger partial charge is 0.265 e. The Morgan fingerprint density at radius 1 is 1.32 bits per heavy atom. The van der Waals surface area contributed by atoms with E-state index in [1.54, 1.807) is 29.2 Å². The van der Waals surface area contributed by atoms with E-state index in [-0.39, 0.29) is 5.75 Å². The number of nitrogens with zero attached hydrogens (tertiary/aromatic N) is 4. The lowest BCUT2D eigenvalue weighted by Gasteiger charge is -2.06. The highest BCUT2D eigenvalue weighted by molar-refractivity contribution is 8.13. The summed E-state index contributed by atoms with van der Waals surface area (Å²) >= 11 is 0. The molecule has 0 aliphatic rings. The van der Waals surface area contributed by atoms with E-state index in [0.29, 0.717) is 17.9 Å². The second-order valence-electron chi connectivity index (χ2n) is 4.03. The Balaban J connectivity index is 2.51. The molecule has 2 heterocycles. The molecule has 0 aliphatic heterocycles. The van der Waals surface area contributed by atoms with Crippen molar-refractivity contribution in [3.63, 3.8) is 0 Å². The summed E-state index contributed by atoms with van der Waals surface area (Å²) in [6, 6.07) is 3.57. The van der Waals surface area contributed by atoms with Gasteiger partial charge < -0.3 is 0 Å². The minimum atomic E-state index is -3.67. The van der Waals surface area contributed by atoms with Crippen molar-refractivity contribution in [3.8, 4) is 11.3 Å². The van der Waals surface area contributed by atoms with Crippen molar-refractivity contribution in [3.05, 3.63) is 30.2 Å². The molecule has 2 aromatic heterocycles. The van der Waals surface area contributed by atoms with Gasteiger partial charge >= 0.3 is 0 Å². The molecule has 0 bridgehead atoms. The smallest absolute Gasteiger partial charge is 0.238 e. The molecule has 0 aromatic carbocycles. The van der Waals surface area contributed by atoms with Crippen LogP contribution in [0.2, 0.25) is 0 Å². The molecule has 0 aliphatic carbocycles. The predicted molar refractivity (Wildman–Crippen MR) is 72.0 cm³/mol. The van der Waals surface area contributed by atoms with Gasteiger partial charge in [0.15, 0.2) is 0 Å². The maximum atomic E-state index is 11.2. The molecule has 19 heavy (non-hydrogen) atoms. The number of aryl methyl sites for hydroxylation is 1. The summed E-state index contributed by atoms with van der Waals surface area (Å²) in [6.45, 7) is 2.67. The number of rotatable bonds is 5. The SMILES string of the molecule is CCCn1nnc(CS(=O)(=O)Cl)c1-c1ccncc1. The molecular weight excluding hydrogens is 288 g/mol. The van der Waals surface area contributed by atoms with Gasteiger partial charge in [-0.3, -0.25) is 4.98 Å². The van der Waals surface area contributed by atoms with E-state index >= 15 is 0 Å². The average molecular weight is 301 g/mol. The van der Waals surface area contributed by atoms with Gasteiger partial charge in [0.2, 0.25) is 9.05 Å². The first-order valence-electron chi connectivity index (χ1n) is 5.76. The predicted octanol–water partition coefficient (Wildman–Crippen LogP) is 1.82. The van der Waals surface area contributed by atoms with Crippen molar-refractivity contribution in [1.29, 1.82) is 0 Å². The third-order valence-corrected chi connectivity index (χ3v) is 3.45. The minimum absolute atomic E-state index is 0.337. The second kappa shape index (κ2) is 5.66. The molecule has 8 heteroatoms. The zero-order chi connectivity index (χ0) is 13.9. The minimum Gasteiger partial charge on any atom is -0.265 e. The summed E-state index contributed by atoms with van der Waals surface area (Å²) in [5.74, 6) is -0.337. The Labute approximate surface area is 115 Å². The molecule has 0 atom stereocenters. The van der Waals surface area contributed by atoms with Crippen LogP contribution in [0, 0.1) is 0 Å². The lowest BCUT2D eigenvalue weighted by atomic mass is 10.1. The fourth-order valence-electron chi connectivity index (χ4n) is 1.80. The first-order valence-corrected chi connectivity index (χ1v) is 8.24. The van der Waals surface area contributed by atoms with Crippen molar-refractivity contribution < 1.29 is 8.42 Å². The lowest BCUT2D eigenvalue weighted by molar-refractivity contribution is 0.584. The number of aromatic nitrogens is 4. The fraction of sp³-hybridized carbons (Fsp3) is 0.364. The summed E-state index contributed by atoms with van der Waals surface area (Å²) in [6.07, 6.45) is 4.14. The Bertz CT molecular complexity index is 655. The van der Waals surface area contributed by atoms with E-state index in [1.165, 1.54) is 0 Å². The zero-order valence-corrected chi connectivity index (χ0v) is 11.9. The Hall–Kier alpha value is -1.47. The second-order valence-corrected chi connectivity index (χ2v) is 6.80. The van der Waals surface area contributed by atoms with Crippen LogP contribution in [0.5, 0.6) is 0 Å². The summed E-state index contributed by atoms with van der Waals surface area (Å²) < 4.78 is 24.1. The van der Waals surface area contributed by atoms with Crippen molar-refractivity contribution in [2.24, 2.45) is 0 Å². The van der Waals surface area contributed by atoms with Crippen LogP contribution in [0.15, 0.2) is 24.5 Å². The molecule has 0 saturated heterocycles. The molecule has 0 unspecified atom stereocenters. The van der Waals surface area contributed by atoms with Crippen molar-refractivity contribution >= 4 is 19.7 Å². The van der Waals surface area contributed by atoms with E-state index in [9.17, 15) is 8.42 Å². The van der Waals surface area contributed by atoms with Crippen LogP contribution in [0.4, 0.5) is 0 Å². The highest BCUT2D eigenvalue weighted by Gasteiger charge is 2.19. The monoisotopic (exact) mass is 300 g/mol.